The second-order valence-electron chi connectivity index (χ2n) is 6.46. The minimum absolute atomic E-state index is 0.191. The molecule has 0 spiro atoms. The SMILES string of the molecule is CSc1cc(C(F)(F)F)cc(C(F)(F)F)c1C(=O)O.O=C(O)c1ccc(C(F)(F)F)cc1C(F)(F)F. The number of thioether (sulfide) groups is 1. The minimum Gasteiger partial charge on any atom is -0.478 e. The first kappa shape index (κ1) is 30.9. The summed E-state index contributed by atoms with van der Waals surface area (Å²) in [7, 11) is 0. The molecule has 4 nitrogen and oxygen atoms in total. The van der Waals surface area contributed by atoms with E-state index >= 15 is 0 Å². The first-order valence-corrected chi connectivity index (χ1v) is 9.85. The number of carboxylic acid groups (broad SMARTS) is 2. The van der Waals surface area contributed by atoms with Gasteiger partial charge in [0.1, 0.15) is 0 Å². The van der Waals surface area contributed by atoms with Gasteiger partial charge in [-0.1, -0.05) is 0 Å². The first-order valence-electron chi connectivity index (χ1n) is 8.63. The highest BCUT2D eigenvalue weighted by Crippen LogP contribution is 2.41. The lowest BCUT2D eigenvalue weighted by atomic mass is 10.0. The third-order valence-electron chi connectivity index (χ3n) is 4.05. The van der Waals surface area contributed by atoms with Crippen LogP contribution < -0.4 is 0 Å². The van der Waals surface area contributed by atoms with E-state index in [2.05, 4.69) is 0 Å². The maximum Gasteiger partial charge on any atom is 0.417 e. The van der Waals surface area contributed by atoms with Gasteiger partial charge in [-0.25, -0.2) is 9.59 Å². The fraction of sp³-hybridized carbons (Fsp3) is 0.263. The number of rotatable bonds is 3. The average Bonchev–Trinajstić information content (AvgIpc) is 2.69. The molecule has 200 valence electrons. The number of carbonyl (C=O) groups is 2. The Bertz CT molecular complexity index is 1130. The van der Waals surface area contributed by atoms with Crippen LogP contribution in [0.1, 0.15) is 43.0 Å². The van der Waals surface area contributed by atoms with Crippen LogP contribution in [0.5, 0.6) is 0 Å². The number of halogens is 12. The zero-order chi connectivity index (χ0) is 28.4. The van der Waals surface area contributed by atoms with Crippen molar-refractivity contribution in [2.75, 3.05) is 6.26 Å². The molecule has 2 N–H and O–H groups in total. The molecule has 2 aromatic carbocycles. The number of benzene rings is 2. The molecule has 0 radical (unpaired) electrons. The molecular weight excluding hydrogens is 552 g/mol. The van der Waals surface area contributed by atoms with E-state index in [1.54, 1.807) is 0 Å². The molecule has 0 amide bonds. The van der Waals surface area contributed by atoms with Crippen molar-refractivity contribution in [3.63, 3.8) is 0 Å². The molecule has 2 rings (SSSR count). The van der Waals surface area contributed by atoms with Gasteiger partial charge in [-0.15, -0.1) is 11.8 Å². The third kappa shape index (κ3) is 7.69. The Labute approximate surface area is 196 Å². The van der Waals surface area contributed by atoms with Gasteiger partial charge in [-0.05, 0) is 36.6 Å². The molecule has 2 aromatic rings. The van der Waals surface area contributed by atoms with Crippen LogP contribution in [-0.2, 0) is 24.7 Å². The van der Waals surface area contributed by atoms with Gasteiger partial charge in [-0.2, -0.15) is 52.7 Å². The number of aromatic carboxylic acids is 2. The van der Waals surface area contributed by atoms with E-state index in [9.17, 15) is 62.3 Å². The molecule has 0 bridgehead atoms. The zero-order valence-corrected chi connectivity index (χ0v) is 17.9. The van der Waals surface area contributed by atoms with E-state index in [0.717, 1.165) is 0 Å². The molecule has 0 unspecified atom stereocenters. The van der Waals surface area contributed by atoms with Crippen molar-refractivity contribution in [3.8, 4) is 0 Å². The number of hydrogen-bond acceptors (Lipinski definition) is 3. The zero-order valence-electron chi connectivity index (χ0n) is 17.0. The fourth-order valence-electron chi connectivity index (χ4n) is 2.53. The van der Waals surface area contributed by atoms with Crippen molar-refractivity contribution in [1.82, 2.24) is 0 Å². The minimum atomic E-state index is -5.18. The van der Waals surface area contributed by atoms with Crippen molar-refractivity contribution in [2.45, 2.75) is 29.6 Å². The van der Waals surface area contributed by atoms with Gasteiger partial charge in [0.25, 0.3) is 0 Å². The van der Waals surface area contributed by atoms with Gasteiger partial charge >= 0.3 is 36.6 Å². The summed E-state index contributed by atoms with van der Waals surface area (Å²) < 4.78 is 149. The average molecular weight is 562 g/mol. The third-order valence-corrected chi connectivity index (χ3v) is 4.81. The number of carboxylic acids is 2. The molecule has 0 aliphatic heterocycles. The highest BCUT2D eigenvalue weighted by Gasteiger charge is 2.41. The molecule has 0 saturated heterocycles. The Morgan fingerprint density at radius 3 is 1.42 bits per heavy atom. The molecule has 0 fully saturated rings. The molecule has 0 saturated carbocycles. The van der Waals surface area contributed by atoms with Crippen molar-refractivity contribution in [2.24, 2.45) is 0 Å². The van der Waals surface area contributed by atoms with E-state index in [4.69, 9.17) is 10.2 Å². The Morgan fingerprint density at radius 2 is 1.08 bits per heavy atom. The maximum absolute atomic E-state index is 12.7. The summed E-state index contributed by atoms with van der Waals surface area (Å²) in [6, 6.07) is 0.558. The molecule has 0 aromatic heterocycles. The lowest BCUT2D eigenvalue weighted by Crippen LogP contribution is -2.17. The fourth-order valence-corrected chi connectivity index (χ4v) is 3.17. The predicted molar refractivity (Wildman–Crippen MR) is 98.6 cm³/mol. The molecular formula is C19H10F12O4S. The summed E-state index contributed by atoms with van der Waals surface area (Å²) in [5.41, 5.74) is -9.10. The highest BCUT2D eigenvalue weighted by molar-refractivity contribution is 7.98. The normalized spacial score (nSPS) is 12.6. The van der Waals surface area contributed by atoms with Gasteiger partial charge in [0.15, 0.2) is 0 Å². The Kier molecular flexibility index (Phi) is 9.00. The molecule has 0 atom stereocenters. The van der Waals surface area contributed by atoms with Crippen molar-refractivity contribution in [3.05, 3.63) is 63.7 Å². The second-order valence-corrected chi connectivity index (χ2v) is 7.31. The Hall–Kier alpha value is -3.11. The summed E-state index contributed by atoms with van der Waals surface area (Å²) in [6.45, 7) is 0. The van der Waals surface area contributed by atoms with E-state index in [0.29, 0.717) is 23.9 Å². The quantitative estimate of drug-likeness (QED) is 0.298. The van der Waals surface area contributed by atoms with Crippen LogP contribution in [0.15, 0.2) is 35.2 Å². The van der Waals surface area contributed by atoms with Crippen LogP contribution in [-0.4, -0.2) is 28.4 Å². The van der Waals surface area contributed by atoms with Crippen LogP contribution >= 0.6 is 11.8 Å². The van der Waals surface area contributed by atoms with Gasteiger partial charge in [0.2, 0.25) is 0 Å². The monoisotopic (exact) mass is 562 g/mol. The van der Waals surface area contributed by atoms with Crippen molar-refractivity contribution < 1.29 is 72.5 Å². The van der Waals surface area contributed by atoms with Gasteiger partial charge < -0.3 is 10.2 Å². The maximum atomic E-state index is 12.7. The summed E-state index contributed by atoms with van der Waals surface area (Å²) >= 11 is 0.503. The largest absolute Gasteiger partial charge is 0.478 e. The highest BCUT2D eigenvalue weighted by atomic mass is 32.2. The lowest BCUT2D eigenvalue weighted by molar-refractivity contribution is -0.145. The molecule has 0 aliphatic rings. The lowest BCUT2D eigenvalue weighted by Gasteiger charge is -2.16. The first-order chi connectivity index (χ1) is 16.0. The Morgan fingerprint density at radius 1 is 0.639 bits per heavy atom. The van der Waals surface area contributed by atoms with Gasteiger partial charge in [0, 0.05) is 4.90 Å². The standard InChI is InChI=1S/C10H6F6O2S.C9H4F6O2/c1-19-6-3-4(9(11,12)13)2-5(10(14,15)16)7(6)8(17)18;10-8(11,12)4-1-2-5(7(16)17)6(3-4)9(13,14)15/h2-3H,1H3,(H,17,18);1-3H,(H,16,17). The molecule has 36 heavy (non-hydrogen) atoms. The van der Waals surface area contributed by atoms with E-state index in [-0.39, 0.29) is 18.2 Å². The van der Waals surface area contributed by atoms with Crippen LogP contribution in [0.25, 0.3) is 0 Å². The summed E-state index contributed by atoms with van der Waals surface area (Å²) in [6.07, 6.45) is -19.1. The van der Waals surface area contributed by atoms with Crippen LogP contribution in [0.3, 0.4) is 0 Å². The van der Waals surface area contributed by atoms with E-state index < -0.39 is 74.9 Å². The summed E-state index contributed by atoms with van der Waals surface area (Å²) in [5.74, 6) is -3.86. The van der Waals surface area contributed by atoms with Crippen molar-refractivity contribution >= 4 is 23.7 Å². The summed E-state index contributed by atoms with van der Waals surface area (Å²) in [5, 5.41) is 17.2. The molecule has 0 aliphatic carbocycles. The summed E-state index contributed by atoms with van der Waals surface area (Å²) in [4.78, 5) is 20.7. The number of hydrogen-bond donors (Lipinski definition) is 2. The van der Waals surface area contributed by atoms with Gasteiger partial charge in [-0.3, -0.25) is 0 Å². The molecule has 0 heterocycles. The van der Waals surface area contributed by atoms with Crippen LogP contribution in [0.4, 0.5) is 52.7 Å². The number of alkyl halides is 12. The second kappa shape index (κ2) is 10.5. The molecule has 17 heteroatoms. The predicted octanol–water partition coefficient (Wildman–Crippen LogP) is 7.57. The Balaban J connectivity index is 0.000000362. The topological polar surface area (TPSA) is 74.6 Å². The van der Waals surface area contributed by atoms with E-state index in [1.165, 1.54) is 6.26 Å². The van der Waals surface area contributed by atoms with Crippen LogP contribution in [0, 0.1) is 0 Å². The smallest absolute Gasteiger partial charge is 0.417 e. The van der Waals surface area contributed by atoms with E-state index in [1.807, 2.05) is 0 Å². The van der Waals surface area contributed by atoms with Crippen molar-refractivity contribution in [1.29, 1.82) is 0 Å². The van der Waals surface area contributed by atoms with Gasteiger partial charge in [0.05, 0.1) is 33.4 Å². The van der Waals surface area contributed by atoms with Crippen LogP contribution in [0.2, 0.25) is 0 Å².